The minimum absolute atomic E-state index is 0. The number of nitrogens with one attached hydrogen (secondary N) is 1. The van der Waals surface area contributed by atoms with E-state index in [0.29, 0.717) is 11.7 Å². The van der Waals surface area contributed by atoms with Gasteiger partial charge in [-0.15, -0.1) is 12.1 Å². The Labute approximate surface area is 141 Å². The van der Waals surface area contributed by atoms with E-state index in [1.807, 2.05) is 24.3 Å². The summed E-state index contributed by atoms with van der Waals surface area (Å²) in [5, 5.41) is 3.52. The molecule has 109 valence electrons. The molecule has 1 nitrogen and oxygen atoms in total. The fourth-order valence-corrected chi connectivity index (χ4v) is 3.10. The predicted molar refractivity (Wildman–Crippen MR) is 85.7 cm³/mol. The van der Waals surface area contributed by atoms with Gasteiger partial charge < -0.3 is 5.32 Å². The van der Waals surface area contributed by atoms with Gasteiger partial charge in [-0.3, -0.25) is 0 Å². The normalized spacial score (nSPS) is 21.3. The molecule has 1 aliphatic carbocycles. The summed E-state index contributed by atoms with van der Waals surface area (Å²) in [4.78, 5) is 0. The molecule has 0 saturated heterocycles. The fourth-order valence-electron chi connectivity index (χ4n) is 3.10. The maximum absolute atomic E-state index is 6.14. The molecule has 0 heterocycles. The third kappa shape index (κ3) is 4.20. The van der Waals surface area contributed by atoms with E-state index >= 15 is 0 Å². The van der Waals surface area contributed by atoms with E-state index in [1.54, 1.807) is 0 Å². The van der Waals surface area contributed by atoms with Gasteiger partial charge in [-0.1, -0.05) is 49.0 Å². The molecule has 1 N–H and O–H groups in total. The van der Waals surface area contributed by atoms with Crippen LogP contribution in [-0.4, -0.2) is 7.85 Å². The molecular formula is C18H19BNRh-. The number of para-hydroxylation sites is 1. The Morgan fingerprint density at radius 3 is 2.57 bits per heavy atom. The summed E-state index contributed by atoms with van der Waals surface area (Å²) in [6, 6.07) is 19.6. The Kier molecular flexibility index (Phi) is 6.05. The van der Waals surface area contributed by atoms with Crippen molar-refractivity contribution in [3.8, 4) is 0 Å². The van der Waals surface area contributed by atoms with Crippen molar-refractivity contribution in [2.45, 2.75) is 37.4 Å². The Morgan fingerprint density at radius 1 is 1.05 bits per heavy atom. The van der Waals surface area contributed by atoms with E-state index in [-0.39, 0.29) is 19.5 Å². The molecule has 2 aromatic carbocycles. The number of anilines is 2. The molecule has 1 fully saturated rings. The zero-order valence-corrected chi connectivity index (χ0v) is 13.7. The molecule has 21 heavy (non-hydrogen) atoms. The molecule has 0 aromatic heterocycles. The number of hydrogen-bond donors (Lipinski definition) is 1. The molecular weight excluding hydrogens is 344 g/mol. The van der Waals surface area contributed by atoms with Crippen molar-refractivity contribution in [2.75, 3.05) is 5.32 Å². The molecule has 3 heteroatoms. The molecule has 0 aliphatic heterocycles. The molecule has 2 unspecified atom stereocenters. The maximum Gasteiger partial charge on any atom is 0.0699 e. The minimum Gasteiger partial charge on any atom is -0.378 e. The summed E-state index contributed by atoms with van der Waals surface area (Å²) in [5.41, 5.74) is 3.71. The van der Waals surface area contributed by atoms with Crippen molar-refractivity contribution in [1.82, 2.24) is 0 Å². The number of hydrogen-bond acceptors (Lipinski definition) is 1. The van der Waals surface area contributed by atoms with Crippen LogP contribution in [0.2, 0.25) is 5.82 Å². The largest absolute Gasteiger partial charge is 0.378 e. The van der Waals surface area contributed by atoms with Crippen molar-refractivity contribution in [3.05, 3.63) is 60.2 Å². The van der Waals surface area contributed by atoms with Gasteiger partial charge in [0.05, 0.1) is 7.85 Å². The van der Waals surface area contributed by atoms with E-state index in [4.69, 9.17) is 7.85 Å². The zero-order chi connectivity index (χ0) is 13.8. The van der Waals surface area contributed by atoms with Gasteiger partial charge in [0.2, 0.25) is 0 Å². The van der Waals surface area contributed by atoms with Gasteiger partial charge in [0, 0.05) is 25.2 Å². The number of rotatable bonds is 3. The summed E-state index contributed by atoms with van der Waals surface area (Å²) in [5.74, 6) is 0.936. The van der Waals surface area contributed by atoms with Crippen molar-refractivity contribution < 1.29 is 19.5 Å². The van der Waals surface area contributed by atoms with Crippen LogP contribution < -0.4 is 5.32 Å². The Hall–Kier alpha value is -1.07. The molecule has 0 spiro atoms. The summed E-state index contributed by atoms with van der Waals surface area (Å²) in [7, 11) is 6.14. The van der Waals surface area contributed by atoms with Gasteiger partial charge in [0.1, 0.15) is 0 Å². The average molecular weight is 363 g/mol. The van der Waals surface area contributed by atoms with Gasteiger partial charge in [-0.25, -0.2) is 0 Å². The topological polar surface area (TPSA) is 12.0 Å². The second-order valence-electron chi connectivity index (χ2n) is 5.62. The van der Waals surface area contributed by atoms with Crippen LogP contribution in [-0.2, 0) is 19.5 Å². The molecule has 0 bridgehead atoms. The first kappa shape index (κ1) is 16.3. The van der Waals surface area contributed by atoms with Gasteiger partial charge >= 0.3 is 0 Å². The predicted octanol–water partition coefficient (Wildman–Crippen LogP) is 4.84. The van der Waals surface area contributed by atoms with Crippen LogP contribution in [0.25, 0.3) is 0 Å². The van der Waals surface area contributed by atoms with Gasteiger partial charge in [-0.05, 0) is 24.0 Å². The summed E-state index contributed by atoms with van der Waals surface area (Å²) >= 11 is 0. The Morgan fingerprint density at radius 2 is 1.81 bits per heavy atom. The Bertz CT molecular complexity index is 558. The fraction of sp³-hybridized carbons (Fsp3) is 0.333. The molecule has 0 amide bonds. The van der Waals surface area contributed by atoms with Crippen LogP contribution >= 0.6 is 0 Å². The zero-order valence-electron chi connectivity index (χ0n) is 12.0. The van der Waals surface area contributed by atoms with E-state index in [0.717, 1.165) is 12.1 Å². The first-order valence-corrected chi connectivity index (χ1v) is 7.40. The van der Waals surface area contributed by atoms with Gasteiger partial charge in [0.25, 0.3) is 0 Å². The summed E-state index contributed by atoms with van der Waals surface area (Å²) in [6.45, 7) is 0. The van der Waals surface area contributed by atoms with Crippen LogP contribution in [0.1, 0.15) is 37.2 Å². The van der Waals surface area contributed by atoms with Gasteiger partial charge in [0.15, 0.2) is 0 Å². The smallest absolute Gasteiger partial charge is 0.0699 e. The van der Waals surface area contributed by atoms with Crippen LogP contribution in [0.4, 0.5) is 11.4 Å². The van der Waals surface area contributed by atoms with E-state index < -0.39 is 0 Å². The Balaban J connectivity index is 0.00000161. The molecule has 1 saturated carbocycles. The van der Waals surface area contributed by atoms with Gasteiger partial charge in [-0.2, -0.15) is 18.2 Å². The van der Waals surface area contributed by atoms with E-state index in [1.165, 1.54) is 30.5 Å². The second kappa shape index (κ2) is 7.80. The van der Waals surface area contributed by atoms with Crippen molar-refractivity contribution in [2.24, 2.45) is 0 Å². The van der Waals surface area contributed by atoms with Crippen LogP contribution in [0.3, 0.4) is 0 Å². The quantitative estimate of drug-likeness (QED) is 0.608. The van der Waals surface area contributed by atoms with Crippen LogP contribution in [0.5, 0.6) is 0 Å². The second-order valence-corrected chi connectivity index (χ2v) is 5.62. The SMILES string of the molecule is [B]C1CCCC(c2ccccc2Nc2cc[c-]cc2)C1.[Rh]. The average Bonchev–Trinajstić information content (AvgIpc) is 2.49. The molecule has 2 atom stereocenters. The van der Waals surface area contributed by atoms with Crippen molar-refractivity contribution in [1.29, 1.82) is 0 Å². The summed E-state index contributed by atoms with van der Waals surface area (Å²) < 4.78 is 0. The standard InChI is InChI=1S/C18H19BN.Rh/c19-15-8-6-7-14(13-15)17-11-4-5-12-18(17)20-16-9-2-1-3-10-16;/h2-5,9-12,14-15,20H,6-8,13H2;/q-1;. The molecule has 3 rings (SSSR count). The third-order valence-electron chi connectivity index (χ3n) is 4.11. The van der Waals surface area contributed by atoms with Crippen LogP contribution in [0.15, 0.2) is 48.5 Å². The van der Waals surface area contributed by atoms with E-state index in [9.17, 15) is 0 Å². The first-order chi connectivity index (χ1) is 9.83. The van der Waals surface area contributed by atoms with Crippen molar-refractivity contribution in [3.63, 3.8) is 0 Å². The maximum atomic E-state index is 6.14. The molecule has 3 radical (unpaired) electrons. The minimum atomic E-state index is 0. The summed E-state index contributed by atoms with van der Waals surface area (Å²) in [6.07, 6.45) is 4.75. The van der Waals surface area contributed by atoms with Crippen LogP contribution in [0, 0.1) is 6.07 Å². The first-order valence-electron chi connectivity index (χ1n) is 7.40. The molecule has 1 aliphatic rings. The number of benzene rings is 2. The monoisotopic (exact) mass is 363 g/mol. The van der Waals surface area contributed by atoms with Crippen molar-refractivity contribution >= 4 is 19.2 Å². The van der Waals surface area contributed by atoms with E-state index in [2.05, 4.69) is 35.6 Å². The third-order valence-corrected chi connectivity index (χ3v) is 4.11. The molecule has 2 aromatic rings.